The number of hydrogen-bond acceptors (Lipinski definition) is 5. The van der Waals surface area contributed by atoms with Gasteiger partial charge in [0.15, 0.2) is 0 Å². The summed E-state index contributed by atoms with van der Waals surface area (Å²) >= 11 is 0. The predicted molar refractivity (Wildman–Crippen MR) is 153 cm³/mol. The zero-order valence-corrected chi connectivity index (χ0v) is 22.8. The van der Waals surface area contributed by atoms with Gasteiger partial charge in [-0.15, -0.1) is 0 Å². The van der Waals surface area contributed by atoms with Gasteiger partial charge in [0.05, 0.1) is 23.8 Å². The monoisotopic (exact) mass is 558 g/mol. The highest BCUT2D eigenvalue weighted by atomic mass is 19.4. The maximum Gasteiger partial charge on any atom is 0.416 e. The van der Waals surface area contributed by atoms with Crippen LogP contribution in [-0.2, 0) is 12.7 Å². The number of hydrogen-bond donors (Lipinski definition) is 1. The Hall–Kier alpha value is -4.39. The summed E-state index contributed by atoms with van der Waals surface area (Å²) in [6, 6.07) is 16.4. The SMILES string of the molecule is COc1ccc(C(=O)Nc2ccc(CN3CCN(C)CC3)c(C(F)(F)F)c2)cc1C#Cc1cncc2ccccc12. The van der Waals surface area contributed by atoms with Crippen LogP contribution in [0.1, 0.15) is 32.6 Å². The largest absolute Gasteiger partial charge is 0.495 e. The molecule has 9 heteroatoms. The molecular formula is C32H29F3N4O2. The molecule has 0 aliphatic carbocycles. The number of piperazine rings is 1. The minimum atomic E-state index is -4.55. The van der Waals surface area contributed by atoms with Crippen LogP contribution in [0.2, 0.25) is 0 Å². The third-order valence-electron chi connectivity index (χ3n) is 7.12. The number of likely N-dealkylation sites (N-methyl/N-ethyl adjacent to an activating group) is 1. The molecule has 0 atom stereocenters. The molecule has 1 aliphatic rings. The molecule has 0 radical (unpaired) electrons. The normalized spacial score (nSPS) is 14.4. The van der Waals surface area contributed by atoms with Gasteiger partial charge in [-0.25, -0.2) is 0 Å². The fourth-order valence-electron chi connectivity index (χ4n) is 4.80. The van der Waals surface area contributed by atoms with Crippen LogP contribution in [0.4, 0.5) is 18.9 Å². The Morgan fingerprint density at radius 1 is 0.976 bits per heavy atom. The van der Waals surface area contributed by atoms with E-state index in [1.54, 1.807) is 30.6 Å². The molecule has 41 heavy (non-hydrogen) atoms. The molecule has 1 saturated heterocycles. The van der Waals surface area contributed by atoms with Crippen molar-refractivity contribution in [3.8, 4) is 17.6 Å². The van der Waals surface area contributed by atoms with Crippen molar-refractivity contribution in [3.63, 3.8) is 0 Å². The number of nitrogens with one attached hydrogen (secondary N) is 1. The molecule has 4 aromatic rings. The van der Waals surface area contributed by atoms with E-state index in [1.165, 1.54) is 19.2 Å². The molecular weight excluding hydrogens is 529 g/mol. The van der Waals surface area contributed by atoms with Gasteiger partial charge in [0, 0.05) is 67.1 Å². The van der Waals surface area contributed by atoms with Crippen molar-refractivity contribution in [2.45, 2.75) is 12.7 Å². The molecule has 1 aliphatic heterocycles. The van der Waals surface area contributed by atoms with Gasteiger partial charge in [-0.05, 0) is 42.9 Å². The number of carbonyl (C=O) groups excluding carboxylic acids is 1. The molecule has 0 saturated carbocycles. The molecule has 210 valence electrons. The van der Waals surface area contributed by atoms with Crippen LogP contribution >= 0.6 is 0 Å². The van der Waals surface area contributed by atoms with Crippen LogP contribution < -0.4 is 10.1 Å². The Bertz CT molecular complexity index is 1630. The van der Waals surface area contributed by atoms with E-state index in [1.807, 2.05) is 36.2 Å². The predicted octanol–water partition coefficient (Wildman–Crippen LogP) is 5.66. The standard InChI is InChI=1S/C32H29F3N4O2/c1-38-13-15-39(16-14-38)21-26-9-11-27(18-29(26)32(33,34)35)37-31(40)23-10-12-30(41-2)22(17-23)7-8-25-20-36-19-24-5-3-4-6-28(24)25/h3-6,9-12,17-20H,13-16,21H2,1-2H3,(H,37,40). The van der Waals surface area contributed by atoms with Crippen molar-refractivity contribution in [1.82, 2.24) is 14.8 Å². The fourth-order valence-corrected chi connectivity index (χ4v) is 4.80. The highest BCUT2D eigenvalue weighted by Crippen LogP contribution is 2.35. The number of fused-ring (bicyclic) bond motifs is 1. The molecule has 0 spiro atoms. The van der Waals surface area contributed by atoms with Gasteiger partial charge in [-0.2, -0.15) is 13.2 Å². The lowest BCUT2D eigenvalue weighted by Crippen LogP contribution is -2.44. The van der Waals surface area contributed by atoms with Crippen molar-refractivity contribution in [3.05, 3.63) is 101 Å². The summed E-state index contributed by atoms with van der Waals surface area (Å²) in [6.45, 7) is 3.21. The average Bonchev–Trinajstić information content (AvgIpc) is 2.97. The average molecular weight is 559 g/mol. The number of nitrogens with zero attached hydrogens (tertiary/aromatic N) is 3. The molecule has 3 aromatic carbocycles. The lowest BCUT2D eigenvalue weighted by Gasteiger charge is -2.33. The number of alkyl halides is 3. The Balaban J connectivity index is 1.38. The van der Waals surface area contributed by atoms with E-state index in [0.717, 1.165) is 35.5 Å². The van der Waals surface area contributed by atoms with Gasteiger partial charge in [-0.1, -0.05) is 42.2 Å². The molecule has 1 fully saturated rings. The molecule has 6 nitrogen and oxygen atoms in total. The van der Waals surface area contributed by atoms with E-state index in [4.69, 9.17) is 4.74 Å². The van der Waals surface area contributed by atoms with Gasteiger partial charge in [0.25, 0.3) is 5.91 Å². The molecule has 2 heterocycles. The highest BCUT2D eigenvalue weighted by Gasteiger charge is 2.34. The number of anilines is 1. The molecule has 1 amide bonds. The number of methoxy groups -OCH3 is 1. The van der Waals surface area contributed by atoms with E-state index >= 15 is 0 Å². The Kier molecular flexibility index (Phi) is 8.24. The second-order valence-corrected chi connectivity index (χ2v) is 9.98. The number of amides is 1. The van der Waals surface area contributed by atoms with Gasteiger partial charge in [0.1, 0.15) is 5.75 Å². The highest BCUT2D eigenvalue weighted by molar-refractivity contribution is 6.04. The number of carbonyl (C=O) groups is 1. The Labute approximate surface area is 236 Å². The third kappa shape index (κ3) is 6.68. The van der Waals surface area contributed by atoms with Crippen molar-refractivity contribution >= 4 is 22.4 Å². The first-order valence-corrected chi connectivity index (χ1v) is 13.2. The maximum atomic E-state index is 14.0. The summed E-state index contributed by atoms with van der Waals surface area (Å²) in [7, 11) is 3.50. The number of halogens is 3. The lowest BCUT2D eigenvalue weighted by atomic mass is 10.0. The van der Waals surface area contributed by atoms with Gasteiger partial charge in [-0.3, -0.25) is 14.7 Å². The van der Waals surface area contributed by atoms with Crippen LogP contribution in [0, 0.1) is 11.8 Å². The molecule has 0 unspecified atom stereocenters. The second kappa shape index (κ2) is 12.0. The zero-order chi connectivity index (χ0) is 29.0. The second-order valence-electron chi connectivity index (χ2n) is 9.98. The maximum absolute atomic E-state index is 14.0. The summed E-state index contributed by atoms with van der Waals surface area (Å²) in [5.41, 5.74) is 0.920. The lowest BCUT2D eigenvalue weighted by molar-refractivity contribution is -0.138. The number of aromatic nitrogens is 1. The van der Waals surface area contributed by atoms with Crippen LogP contribution in [0.15, 0.2) is 73.1 Å². The minimum absolute atomic E-state index is 0.0646. The van der Waals surface area contributed by atoms with Crippen molar-refractivity contribution in [2.24, 2.45) is 0 Å². The fraction of sp³-hybridized carbons (Fsp3) is 0.250. The van der Waals surface area contributed by atoms with Gasteiger partial charge >= 0.3 is 6.18 Å². The molecule has 5 rings (SSSR count). The van der Waals surface area contributed by atoms with E-state index in [0.29, 0.717) is 24.4 Å². The molecule has 1 aromatic heterocycles. The zero-order valence-electron chi connectivity index (χ0n) is 22.8. The van der Waals surface area contributed by atoms with E-state index in [-0.39, 0.29) is 23.4 Å². The first-order valence-electron chi connectivity index (χ1n) is 13.2. The van der Waals surface area contributed by atoms with Crippen LogP contribution in [0.25, 0.3) is 10.8 Å². The van der Waals surface area contributed by atoms with Crippen LogP contribution in [0.5, 0.6) is 5.75 Å². The summed E-state index contributed by atoms with van der Waals surface area (Å²) in [6.07, 6.45) is -1.12. The summed E-state index contributed by atoms with van der Waals surface area (Å²) in [5.74, 6) is 6.08. The van der Waals surface area contributed by atoms with Gasteiger partial charge in [0.2, 0.25) is 0 Å². The van der Waals surface area contributed by atoms with Crippen LogP contribution in [0.3, 0.4) is 0 Å². The van der Waals surface area contributed by atoms with Crippen LogP contribution in [-0.4, -0.2) is 61.0 Å². The van der Waals surface area contributed by atoms with E-state index in [9.17, 15) is 18.0 Å². The summed E-state index contributed by atoms with van der Waals surface area (Å²) in [5, 5.41) is 4.51. The summed E-state index contributed by atoms with van der Waals surface area (Å²) < 4.78 is 47.4. The number of ether oxygens (including phenoxy) is 1. The minimum Gasteiger partial charge on any atom is -0.495 e. The Morgan fingerprint density at radius 3 is 2.49 bits per heavy atom. The number of benzene rings is 3. The first-order chi connectivity index (χ1) is 19.7. The summed E-state index contributed by atoms with van der Waals surface area (Å²) in [4.78, 5) is 21.5. The molecule has 1 N–H and O–H groups in total. The van der Waals surface area contributed by atoms with E-state index in [2.05, 4.69) is 27.0 Å². The smallest absolute Gasteiger partial charge is 0.416 e. The number of rotatable bonds is 5. The topological polar surface area (TPSA) is 57.7 Å². The van der Waals surface area contributed by atoms with Crippen molar-refractivity contribution in [2.75, 3.05) is 45.7 Å². The van der Waals surface area contributed by atoms with Crippen molar-refractivity contribution in [1.29, 1.82) is 0 Å². The van der Waals surface area contributed by atoms with E-state index < -0.39 is 17.6 Å². The van der Waals surface area contributed by atoms with Gasteiger partial charge < -0.3 is 15.0 Å². The third-order valence-corrected chi connectivity index (χ3v) is 7.12. The Morgan fingerprint density at radius 2 is 1.73 bits per heavy atom. The molecule has 0 bridgehead atoms. The quantitative estimate of drug-likeness (QED) is 0.321. The first kappa shape index (κ1) is 28.1. The van der Waals surface area contributed by atoms with Crippen molar-refractivity contribution < 1.29 is 22.7 Å². The number of pyridine rings is 1.